The van der Waals surface area contributed by atoms with Gasteiger partial charge in [0.15, 0.2) is 17.6 Å². The molecule has 0 aromatic heterocycles. The van der Waals surface area contributed by atoms with Gasteiger partial charge in [0, 0.05) is 11.8 Å². The highest BCUT2D eigenvalue weighted by Crippen LogP contribution is 2.37. The molecule has 0 aliphatic carbocycles. The van der Waals surface area contributed by atoms with E-state index in [-0.39, 0.29) is 30.3 Å². The van der Waals surface area contributed by atoms with E-state index < -0.39 is 28.6 Å². The summed E-state index contributed by atoms with van der Waals surface area (Å²) in [5, 5.41) is 14.0. The first-order valence-electron chi connectivity index (χ1n) is 8.93. The van der Waals surface area contributed by atoms with Crippen molar-refractivity contribution in [3.63, 3.8) is 0 Å². The molecule has 0 spiro atoms. The van der Waals surface area contributed by atoms with Gasteiger partial charge in [-0.05, 0) is 32.4 Å². The molecule has 1 atom stereocenters. The Morgan fingerprint density at radius 3 is 2.41 bits per heavy atom. The van der Waals surface area contributed by atoms with Crippen molar-refractivity contribution < 1.29 is 28.7 Å². The van der Waals surface area contributed by atoms with E-state index in [1.807, 2.05) is 26.0 Å². The number of hydrogen-bond acceptors (Lipinski definition) is 7. The van der Waals surface area contributed by atoms with Crippen LogP contribution in [0.4, 0.5) is 11.4 Å². The van der Waals surface area contributed by atoms with Gasteiger partial charge in [0.2, 0.25) is 0 Å². The number of amides is 1. The zero-order valence-electron chi connectivity index (χ0n) is 16.2. The first-order chi connectivity index (χ1) is 13.8. The van der Waals surface area contributed by atoms with Gasteiger partial charge in [0.05, 0.1) is 11.0 Å². The second kappa shape index (κ2) is 8.17. The lowest BCUT2D eigenvalue weighted by atomic mass is 10.1. The van der Waals surface area contributed by atoms with Crippen LogP contribution in [0.25, 0.3) is 0 Å². The fraction of sp³-hybridized carbons (Fsp3) is 0.300. The highest BCUT2D eigenvalue weighted by Gasteiger charge is 2.29. The number of nitro groups is 1. The Hall–Kier alpha value is -3.62. The Bertz CT molecular complexity index is 987. The zero-order chi connectivity index (χ0) is 21.1. The van der Waals surface area contributed by atoms with Crippen LogP contribution in [0, 0.1) is 24.0 Å². The summed E-state index contributed by atoms with van der Waals surface area (Å²) in [5.74, 6) is -1.16. The first-order valence-corrected chi connectivity index (χ1v) is 8.93. The molecule has 0 radical (unpaired) electrons. The average Bonchev–Trinajstić information content (AvgIpc) is 2.68. The number of ether oxygens (including phenoxy) is 3. The summed E-state index contributed by atoms with van der Waals surface area (Å²) in [4.78, 5) is 35.6. The maximum atomic E-state index is 12.5. The van der Waals surface area contributed by atoms with Crippen molar-refractivity contribution in [2.24, 2.45) is 0 Å². The largest absolute Gasteiger partial charge is 0.486 e. The standard InChI is InChI=1S/C20H20N2O7/c1-11-4-5-15(12(2)8-11)21-19(23)13(3)29-20(24)14-9-17-18(28-7-6-27-17)10-16(14)22(25)26/h4-5,8-10,13H,6-7H2,1-3H3,(H,21,23)/t13-/m1/s1. The third-order valence-electron chi connectivity index (χ3n) is 4.37. The number of nitrogens with one attached hydrogen (secondary N) is 1. The van der Waals surface area contributed by atoms with Gasteiger partial charge in [-0.1, -0.05) is 17.7 Å². The minimum Gasteiger partial charge on any atom is -0.486 e. The smallest absolute Gasteiger partial charge is 0.346 e. The number of anilines is 1. The van der Waals surface area contributed by atoms with Gasteiger partial charge in [-0.2, -0.15) is 0 Å². The van der Waals surface area contributed by atoms with Crippen molar-refractivity contribution in [3.05, 3.63) is 57.1 Å². The predicted octanol–water partition coefficient (Wildman–Crippen LogP) is 3.17. The third kappa shape index (κ3) is 4.45. The molecule has 29 heavy (non-hydrogen) atoms. The maximum Gasteiger partial charge on any atom is 0.346 e. The number of carbonyl (C=O) groups is 2. The number of nitro benzene ring substituents is 1. The number of fused-ring (bicyclic) bond motifs is 1. The summed E-state index contributed by atoms with van der Waals surface area (Å²) in [5.41, 5.74) is 1.70. The van der Waals surface area contributed by atoms with Crippen LogP contribution in [0.3, 0.4) is 0 Å². The maximum absolute atomic E-state index is 12.5. The van der Waals surface area contributed by atoms with Gasteiger partial charge in [0.1, 0.15) is 18.8 Å². The van der Waals surface area contributed by atoms with E-state index in [0.717, 1.165) is 17.2 Å². The SMILES string of the molecule is Cc1ccc(NC(=O)[C@@H](C)OC(=O)c2cc3c(cc2[N+](=O)[O-])OCCO3)c(C)c1. The molecule has 0 fully saturated rings. The van der Waals surface area contributed by atoms with E-state index in [2.05, 4.69) is 5.32 Å². The molecule has 1 N–H and O–H groups in total. The van der Waals surface area contributed by atoms with Crippen molar-refractivity contribution >= 4 is 23.3 Å². The van der Waals surface area contributed by atoms with Crippen LogP contribution < -0.4 is 14.8 Å². The van der Waals surface area contributed by atoms with E-state index in [1.165, 1.54) is 13.0 Å². The summed E-state index contributed by atoms with van der Waals surface area (Å²) < 4.78 is 15.8. The number of hydrogen-bond donors (Lipinski definition) is 1. The average molecular weight is 400 g/mol. The summed E-state index contributed by atoms with van der Waals surface area (Å²) in [6, 6.07) is 7.82. The summed E-state index contributed by atoms with van der Waals surface area (Å²) in [7, 11) is 0. The minimum absolute atomic E-state index is 0.181. The van der Waals surface area contributed by atoms with Crippen molar-refractivity contribution in [3.8, 4) is 11.5 Å². The molecular formula is C20H20N2O7. The fourth-order valence-electron chi connectivity index (χ4n) is 2.86. The van der Waals surface area contributed by atoms with E-state index in [9.17, 15) is 19.7 Å². The lowest BCUT2D eigenvalue weighted by Crippen LogP contribution is -2.30. The Balaban J connectivity index is 1.76. The monoisotopic (exact) mass is 400 g/mol. The number of benzene rings is 2. The van der Waals surface area contributed by atoms with Crippen LogP contribution in [0.5, 0.6) is 11.5 Å². The Labute approximate surface area is 166 Å². The van der Waals surface area contributed by atoms with Gasteiger partial charge < -0.3 is 19.5 Å². The van der Waals surface area contributed by atoms with Crippen molar-refractivity contribution in [2.75, 3.05) is 18.5 Å². The molecule has 1 amide bonds. The van der Waals surface area contributed by atoms with Crippen LogP contribution in [-0.2, 0) is 9.53 Å². The zero-order valence-corrected chi connectivity index (χ0v) is 16.2. The molecule has 0 saturated heterocycles. The Morgan fingerprint density at radius 2 is 1.79 bits per heavy atom. The number of aryl methyl sites for hydroxylation is 2. The minimum atomic E-state index is -1.17. The molecule has 1 aliphatic rings. The lowest BCUT2D eigenvalue weighted by Gasteiger charge is -2.19. The number of nitrogens with zero attached hydrogens (tertiary/aromatic N) is 1. The molecule has 0 saturated carbocycles. The van der Waals surface area contributed by atoms with E-state index in [0.29, 0.717) is 5.69 Å². The number of carbonyl (C=O) groups excluding carboxylic acids is 2. The summed E-state index contributed by atoms with van der Waals surface area (Å²) in [6.45, 7) is 5.68. The van der Waals surface area contributed by atoms with Crippen LogP contribution >= 0.6 is 0 Å². The molecule has 9 nitrogen and oxygen atoms in total. The topological polar surface area (TPSA) is 117 Å². The van der Waals surface area contributed by atoms with Crippen LogP contribution in [0.2, 0.25) is 0 Å². The molecular weight excluding hydrogens is 380 g/mol. The van der Waals surface area contributed by atoms with E-state index in [4.69, 9.17) is 14.2 Å². The fourth-order valence-corrected chi connectivity index (χ4v) is 2.86. The highest BCUT2D eigenvalue weighted by molar-refractivity contribution is 5.99. The molecule has 1 aliphatic heterocycles. The molecule has 0 unspecified atom stereocenters. The molecule has 2 aromatic carbocycles. The van der Waals surface area contributed by atoms with Crippen LogP contribution in [0.15, 0.2) is 30.3 Å². The van der Waals surface area contributed by atoms with Crippen molar-refractivity contribution in [1.82, 2.24) is 0 Å². The van der Waals surface area contributed by atoms with Crippen molar-refractivity contribution in [1.29, 1.82) is 0 Å². The van der Waals surface area contributed by atoms with Gasteiger partial charge in [-0.25, -0.2) is 4.79 Å². The number of rotatable bonds is 5. The summed E-state index contributed by atoms with van der Waals surface area (Å²) in [6.07, 6.45) is -1.17. The Kier molecular flexibility index (Phi) is 5.67. The second-order valence-electron chi connectivity index (χ2n) is 6.63. The highest BCUT2D eigenvalue weighted by atomic mass is 16.6. The van der Waals surface area contributed by atoms with Crippen LogP contribution in [0.1, 0.15) is 28.4 Å². The molecule has 0 bridgehead atoms. The quantitative estimate of drug-likeness (QED) is 0.465. The van der Waals surface area contributed by atoms with E-state index in [1.54, 1.807) is 6.07 Å². The normalized spacial score (nSPS) is 13.3. The molecule has 9 heteroatoms. The molecule has 1 heterocycles. The first kappa shape index (κ1) is 20.1. The molecule has 2 aromatic rings. The third-order valence-corrected chi connectivity index (χ3v) is 4.37. The van der Waals surface area contributed by atoms with E-state index >= 15 is 0 Å². The van der Waals surface area contributed by atoms with Crippen LogP contribution in [-0.4, -0.2) is 36.1 Å². The summed E-state index contributed by atoms with van der Waals surface area (Å²) >= 11 is 0. The van der Waals surface area contributed by atoms with Gasteiger partial charge >= 0.3 is 5.97 Å². The molecule has 152 valence electrons. The lowest BCUT2D eigenvalue weighted by molar-refractivity contribution is -0.385. The second-order valence-corrected chi connectivity index (χ2v) is 6.63. The van der Waals surface area contributed by atoms with Gasteiger partial charge in [-0.15, -0.1) is 0 Å². The predicted molar refractivity (Wildman–Crippen MR) is 104 cm³/mol. The molecule has 3 rings (SSSR count). The van der Waals surface area contributed by atoms with Crippen molar-refractivity contribution in [2.45, 2.75) is 26.9 Å². The number of esters is 1. The van der Waals surface area contributed by atoms with Gasteiger partial charge in [-0.3, -0.25) is 14.9 Å². The van der Waals surface area contributed by atoms with Gasteiger partial charge in [0.25, 0.3) is 11.6 Å². The Morgan fingerprint density at radius 1 is 1.14 bits per heavy atom.